The van der Waals surface area contributed by atoms with Crippen LogP contribution in [0.15, 0.2) is 29.2 Å². The number of hydrogen-bond donors (Lipinski definition) is 2. The largest absolute Gasteiger partial charge is 0.329 e. The van der Waals surface area contributed by atoms with E-state index in [1.807, 2.05) is 12.1 Å². The van der Waals surface area contributed by atoms with Crippen LogP contribution < -0.4 is 11.1 Å². The third kappa shape index (κ3) is 4.46. The van der Waals surface area contributed by atoms with E-state index in [-0.39, 0.29) is 5.75 Å². The standard InChI is InChI=1S/C12H20N2O2S/c1-2-17(15,16)12-5-3-11(4-6-12)7-9-14-10-8-13/h3-6,14H,2,7-10,13H2,1H3. The van der Waals surface area contributed by atoms with Gasteiger partial charge in [0, 0.05) is 13.1 Å². The molecule has 0 saturated heterocycles. The van der Waals surface area contributed by atoms with Gasteiger partial charge in [-0.3, -0.25) is 0 Å². The molecule has 0 saturated carbocycles. The second-order valence-corrected chi connectivity index (χ2v) is 6.11. The molecular weight excluding hydrogens is 236 g/mol. The summed E-state index contributed by atoms with van der Waals surface area (Å²) in [5.41, 5.74) is 6.49. The fourth-order valence-electron chi connectivity index (χ4n) is 1.49. The molecule has 1 rings (SSSR count). The van der Waals surface area contributed by atoms with E-state index < -0.39 is 9.84 Å². The van der Waals surface area contributed by atoms with E-state index in [0.29, 0.717) is 11.4 Å². The smallest absolute Gasteiger partial charge is 0.178 e. The molecule has 1 aromatic rings. The molecule has 0 aliphatic rings. The number of hydrogen-bond acceptors (Lipinski definition) is 4. The highest BCUT2D eigenvalue weighted by atomic mass is 32.2. The molecular formula is C12H20N2O2S. The van der Waals surface area contributed by atoms with Crippen molar-refractivity contribution in [1.29, 1.82) is 0 Å². The van der Waals surface area contributed by atoms with Crippen LogP contribution in [0.4, 0.5) is 0 Å². The molecule has 17 heavy (non-hydrogen) atoms. The molecule has 0 bridgehead atoms. The lowest BCUT2D eigenvalue weighted by molar-refractivity contribution is 0.597. The van der Waals surface area contributed by atoms with Crippen molar-refractivity contribution in [2.75, 3.05) is 25.4 Å². The van der Waals surface area contributed by atoms with Crippen LogP contribution in [-0.4, -0.2) is 33.8 Å². The second kappa shape index (κ2) is 6.74. The van der Waals surface area contributed by atoms with Gasteiger partial charge < -0.3 is 11.1 Å². The van der Waals surface area contributed by atoms with Crippen molar-refractivity contribution in [1.82, 2.24) is 5.32 Å². The minimum absolute atomic E-state index is 0.143. The maximum absolute atomic E-state index is 11.6. The summed E-state index contributed by atoms with van der Waals surface area (Å²) in [5.74, 6) is 0.143. The first-order valence-electron chi connectivity index (χ1n) is 5.82. The molecule has 0 spiro atoms. The van der Waals surface area contributed by atoms with Gasteiger partial charge in [-0.05, 0) is 30.7 Å². The summed E-state index contributed by atoms with van der Waals surface area (Å²) in [6.45, 7) is 3.95. The Bertz CT molecular complexity index is 426. The topological polar surface area (TPSA) is 72.2 Å². The van der Waals surface area contributed by atoms with E-state index in [9.17, 15) is 8.42 Å². The van der Waals surface area contributed by atoms with E-state index in [4.69, 9.17) is 5.73 Å². The van der Waals surface area contributed by atoms with Crippen LogP contribution in [-0.2, 0) is 16.3 Å². The Balaban J connectivity index is 2.57. The molecule has 0 fully saturated rings. The first-order valence-corrected chi connectivity index (χ1v) is 7.48. The summed E-state index contributed by atoms with van der Waals surface area (Å²) in [4.78, 5) is 0.402. The molecule has 0 atom stereocenters. The van der Waals surface area contributed by atoms with Gasteiger partial charge in [-0.25, -0.2) is 8.42 Å². The van der Waals surface area contributed by atoms with Crippen molar-refractivity contribution in [3.8, 4) is 0 Å². The Morgan fingerprint density at radius 1 is 1.18 bits per heavy atom. The summed E-state index contributed by atoms with van der Waals surface area (Å²) in [6, 6.07) is 7.09. The zero-order valence-corrected chi connectivity index (χ0v) is 11.0. The zero-order chi connectivity index (χ0) is 12.7. The molecule has 0 amide bonds. The highest BCUT2D eigenvalue weighted by Gasteiger charge is 2.10. The van der Waals surface area contributed by atoms with E-state index in [1.165, 1.54) is 0 Å². The van der Waals surface area contributed by atoms with Crippen molar-refractivity contribution >= 4 is 9.84 Å². The van der Waals surface area contributed by atoms with E-state index in [1.54, 1.807) is 19.1 Å². The molecule has 0 aliphatic heterocycles. The average Bonchev–Trinajstić information content (AvgIpc) is 2.35. The number of sulfone groups is 1. The molecule has 0 aromatic heterocycles. The maximum atomic E-state index is 11.6. The molecule has 0 heterocycles. The van der Waals surface area contributed by atoms with Crippen molar-refractivity contribution in [2.45, 2.75) is 18.2 Å². The van der Waals surface area contributed by atoms with Gasteiger partial charge in [-0.2, -0.15) is 0 Å². The van der Waals surface area contributed by atoms with Gasteiger partial charge in [-0.1, -0.05) is 19.1 Å². The Morgan fingerprint density at radius 2 is 1.82 bits per heavy atom. The molecule has 96 valence electrons. The van der Waals surface area contributed by atoms with Crippen LogP contribution in [0.5, 0.6) is 0 Å². The average molecular weight is 256 g/mol. The molecule has 4 nitrogen and oxygen atoms in total. The van der Waals surface area contributed by atoms with Crippen molar-refractivity contribution in [3.05, 3.63) is 29.8 Å². The second-order valence-electron chi connectivity index (χ2n) is 3.84. The Kier molecular flexibility index (Phi) is 5.61. The number of benzene rings is 1. The molecule has 0 radical (unpaired) electrons. The first kappa shape index (κ1) is 14.2. The minimum Gasteiger partial charge on any atom is -0.329 e. The molecule has 1 aromatic carbocycles. The summed E-state index contributed by atoms with van der Waals surface area (Å²) >= 11 is 0. The maximum Gasteiger partial charge on any atom is 0.178 e. The summed E-state index contributed by atoms with van der Waals surface area (Å²) in [5, 5.41) is 3.20. The van der Waals surface area contributed by atoms with Gasteiger partial charge in [0.25, 0.3) is 0 Å². The Morgan fingerprint density at radius 3 is 2.35 bits per heavy atom. The van der Waals surface area contributed by atoms with E-state index in [2.05, 4.69) is 5.32 Å². The van der Waals surface area contributed by atoms with Crippen LogP contribution in [0.3, 0.4) is 0 Å². The van der Waals surface area contributed by atoms with Crippen LogP contribution in [0.1, 0.15) is 12.5 Å². The van der Waals surface area contributed by atoms with Crippen molar-refractivity contribution in [2.24, 2.45) is 5.73 Å². The Hall–Kier alpha value is -0.910. The lowest BCUT2D eigenvalue weighted by atomic mass is 10.1. The highest BCUT2D eigenvalue weighted by molar-refractivity contribution is 7.91. The number of rotatable bonds is 7. The Labute approximate surface area is 103 Å². The lowest BCUT2D eigenvalue weighted by Crippen LogP contribution is -2.24. The van der Waals surface area contributed by atoms with Crippen molar-refractivity contribution in [3.63, 3.8) is 0 Å². The van der Waals surface area contributed by atoms with Gasteiger partial charge >= 0.3 is 0 Å². The van der Waals surface area contributed by atoms with Crippen LogP contribution >= 0.6 is 0 Å². The molecule has 5 heteroatoms. The zero-order valence-electron chi connectivity index (χ0n) is 10.1. The summed E-state index contributed by atoms with van der Waals surface area (Å²) in [7, 11) is -3.08. The highest BCUT2D eigenvalue weighted by Crippen LogP contribution is 2.12. The first-order chi connectivity index (χ1) is 8.10. The van der Waals surface area contributed by atoms with Crippen LogP contribution in [0.25, 0.3) is 0 Å². The fourth-order valence-corrected chi connectivity index (χ4v) is 2.37. The molecule has 3 N–H and O–H groups in total. The van der Waals surface area contributed by atoms with E-state index in [0.717, 1.165) is 25.1 Å². The quantitative estimate of drug-likeness (QED) is 0.700. The number of nitrogens with one attached hydrogen (secondary N) is 1. The third-order valence-electron chi connectivity index (χ3n) is 2.57. The SMILES string of the molecule is CCS(=O)(=O)c1ccc(CCNCCN)cc1. The number of nitrogens with two attached hydrogens (primary N) is 1. The fraction of sp³-hybridized carbons (Fsp3) is 0.500. The van der Waals surface area contributed by atoms with Gasteiger partial charge in [0.1, 0.15) is 0 Å². The monoisotopic (exact) mass is 256 g/mol. The molecule has 0 aliphatic carbocycles. The van der Waals surface area contributed by atoms with Gasteiger partial charge in [-0.15, -0.1) is 0 Å². The summed E-state index contributed by atoms with van der Waals surface area (Å²) in [6.07, 6.45) is 0.881. The van der Waals surface area contributed by atoms with Gasteiger partial charge in [0.05, 0.1) is 10.6 Å². The normalized spacial score (nSPS) is 11.6. The van der Waals surface area contributed by atoms with Crippen molar-refractivity contribution < 1.29 is 8.42 Å². The predicted octanol–water partition coefficient (Wildman–Crippen LogP) is 0.571. The predicted molar refractivity (Wildman–Crippen MR) is 69.8 cm³/mol. The van der Waals surface area contributed by atoms with E-state index >= 15 is 0 Å². The van der Waals surface area contributed by atoms with Crippen LogP contribution in [0.2, 0.25) is 0 Å². The van der Waals surface area contributed by atoms with Crippen LogP contribution in [0, 0.1) is 0 Å². The van der Waals surface area contributed by atoms with Gasteiger partial charge in [0.15, 0.2) is 9.84 Å². The summed E-state index contributed by atoms with van der Waals surface area (Å²) < 4.78 is 23.2. The van der Waals surface area contributed by atoms with Gasteiger partial charge in [0.2, 0.25) is 0 Å². The minimum atomic E-state index is -3.08. The lowest BCUT2D eigenvalue weighted by Gasteiger charge is -2.05. The molecule has 0 unspecified atom stereocenters. The third-order valence-corrected chi connectivity index (χ3v) is 4.32.